The highest BCUT2D eigenvalue weighted by Crippen LogP contribution is 2.23. The second-order valence-electron chi connectivity index (χ2n) is 4.45. The van der Waals surface area contributed by atoms with E-state index in [1.807, 2.05) is 0 Å². The molecule has 0 saturated heterocycles. The highest BCUT2D eigenvalue weighted by Gasteiger charge is 2.20. The predicted molar refractivity (Wildman–Crippen MR) is 69.0 cm³/mol. The van der Waals surface area contributed by atoms with Gasteiger partial charge in [-0.05, 0) is 39.0 Å². The fourth-order valence-corrected chi connectivity index (χ4v) is 1.57. The van der Waals surface area contributed by atoms with Gasteiger partial charge < -0.3 is 10.1 Å². The quantitative estimate of drug-likeness (QED) is 0.689. The Hall–Kier alpha value is -1.36. The molecule has 0 aliphatic heterocycles. The molecule has 1 aromatic carbocycles. The van der Waals surface area contributed by atoms with Crippen molar-refractivity contribution in [2.45, 2.75) is 26.4 Å². The number of ether oxygens (including phenoxy) is 1. The highest BCUT2D eigenvalue weighted by atomic mass is 79.9. The summed E-state index contributed by atoms with van der Waals surface area (Å²) in [5.41, 5.74) is 0.177. The Morgan fingerprint density at radius 3 is 2.59 bits per heavy atom. The van der Waals surface area contributed by atoms with Gasteiger partial charge in [-0.1, -0.05) is 15.9 Å². The van der Waals surface area contributed by atoms with E-state index < -0.39 is 11.6 Å². The first-order valence-corrected chi connectivity index (χ1v) is 5.86. The summed E-state index contributed by atoms with van der Waals surface area (Å²) in [6.07, 6.45) is 0.525. The lowest BCUT2D eigenvalue weighted by Crippen LogP contribution is -2.24. The van der Waals surface area contributed by atoms with Crippen molar-refractivity contribution in [3.05, 3.63) is 28.2 Å². The maximum Gasteiger partial charge on any atom is 0.340 e. The van der Waals surface area contributed by atoms with Crippen molar-refractivity contribution < 1.29 is 14.3 Å². The van der Waals surface area contributed by atoms with E-state index in [4.69, 9.17) is 4.74 Å². The lowest BCUT2D eigenvalue weighted by molar-refractivity contribution is -0.105. The first-order valence-electron chi connectivity index (χ1n) is 5.06. The van der Waals surface area contributed by atoms with Gasteiger partial charge in [0.2, 0.25) is 6.41 Å². The lowest BCUT2D eigenvalue weighted by Gasteiger charge is -2.20. The summed E-state index contributed by atoms with van der Waals surface area (Å²) in [5, 5.41) is 2.47. The molecule has 1 amide bonds. The van der Waals surface area contributed by atoms with Crippen LogP contribution in [0.25, 0.3) is 0 Å². The summed E-state index contributed by atoms with van der Waals surface area (Å²) in [5.74, 6) is -0.469. The predicted octanol–water partition coefficient (Wildman–Crippen LogP) is 2.97. The van der Waals surface area contributed by atoms with Gasteiger partial charge in [0, 0.05) is 4.47 Å². The van der Waals surface area contributed by atoms with Gasteiger partial charge in [0.25, 0.3) is 0 Å². The van der Waals surface area contributed by atoms with Crippen molar-refractivity contribution >= 4 is 34.0 Å². The smallest absolute Gasteiger partial charge is 0.340 e. The van der Waals surface area contributed by atoms with Crippen LogP contribution in [0.3, 0.4) is 0 Å². The van der Waals surface area contributed by atoms with Crippen LogP contribution in [-0.4, -0.2) is 18.0 Å². The van der Waals surface area contributed by atoms with Gasteiger partial charge >= 0.3 is 5.97 Å². The van der Waals surface area contributed by atoms with Crippen LogP contribution in [0.4, 0.5) is 5.69 Å². The van der Waals surface area contributed by atoms with Crippen LogP contribution in [0.2, 0.25) is 0 Å². The summed E-state index contributed by atoms with van der Waals surface area (Å²) in [6.45, 7) is 5.36. The van der Waals surface area contributed by atoms with Crippen molar-refractivity contribution in [2.75, 3.05) is 5.32 Å². The third-order valence-electron chi connectivity index (χ3n) is 1.81. The third kappa shape index (κ3) is 4.19. The summed E-state index contributed by atoms with van der Waals surface area (Å²) in [6, 6.07) is 4.98. The van der Waals surface area contributed by atoms with Crippen LogP contribution in [0.1, 0.15) is 31.1 Å². The van der Waals surface area contributed by atoms with Gasteiger partial charge in [-0.15, -0.1) is 0 Å². The molecule has 1 N–H and O–H groups in total. The first-order chi connectivity index (χ1) is 7.83. The first kappa shape index (κ1) is 13.7. The minimum absolute atomic E-state index is 0.321. The molecule has 0 aliphatic rings. The fourth-order valence-electron chi connectivity index (χ4n) is 1.21. The molecule has 0 radical (unpaired) electrons. The van der Waals surface area contributed by atoms with E-state index in [1.165, 1.54) is 0 Å². The Kier molecular flexibility index (Phi) is 4.28. The Labute approximate surface area is 108 Å². The standard InChI is InChI=1S/C12H14BrNO3/c1-12(2,3)17-11(16)9-6-8(13)4-5-10(9)14-7-15/h4-7H,1-3H3,(H,14,15). The Bertz CT molecular complexity index is 438. The summed E-state index contributed by atoms with van der Waals surface area (Å²) in [4.78, 5) is 22.4. The van der Waals surface area contributed by atoms with Crippen LogP contribution < -0.4 is 5.32 Å². The van der Waals surface area contributed by atoms with E-state index in [1.54, 1.807) is 39.0 Å². The number of amides is 1. The molecule has 4 nitrogen and oxygen atoms in total. The highest BCUT2D eigenvalue weighted by molar-refractivity contribution is 9.10. The molecule has 17 heavy (non-hydrogen) atoms. The lowest BCUT2D eigenvalue weighted by atomic mass is 10.1. The zero-order valence-corrected chi connectivity index (χ0v) is 11.5. The van der Waals surface area contributed by atoms with Gasteiger partial charge in [-0.2, -0.15) is 0 Å². The van der Waals surface area contributed by atoms with Gasteiger partial charge in [0.1, 0.15) is 5.60 Å². The van der Waals surface area contributed by atoms with E-state index >= 15 is 0 Å². The van der Waals surface area contributed by atoms with Gasteiger partial charge in [0.05, 0.1) is 11.3 Å². The number of hydrogen-bond donors (Lipinski definition) is 1. The van der Waals surface area contributed by atoms with E-state index in [9.17, 15) is 9.59 Å². The molecule has 0 aromatic heterocycles. The number of benzene rings is 1. The minimum atomic E-state index is -0.572. The van der Waals surface area contributed by atoms with Gasteiger partial charge in [-0.25, -0.2) is 4.79 Å². The normalized spacial score (nSPS) is 10.8. The van der Waals surface area contributed by atoms with Crippen LogP contribution in [0, 0.1) is 0 Å². The molecule has 0 aliphatic carbocycles. The number of anilines is 1. The van der Waals surface area contributed by atoms with Crippen molar-refractivity contribution in [1.29, 1.82) is 0 Å². The van der Waals surface area contributed by atoms with E-state index in [0.717, 1.165) is 4.47 Å². The fraction of sp³-hybridized carbons (Fsp3) is 0.333. The zero-order valence-electron chi connectivity index (χ0n) is 9.91. The molecule has 1 rings (SSSR count). The molecule has 0 heterocycles. The van der Waals surface area contributed by atoms with Crippen LogP contribution in [0.15, 0.2) is 22.7 Å². The third-order valence-corrected chi connectivity index (χ3v) is 2.31. The Balaban J connectivity index is 3.06. The number of nitrogens with one attached hydrogen (secondary N) is 1. The van der Waals surface area contributed by atoms with Crippen molar-refractivity contribution in [1.82, 2.24) is 0 Å². The SMILES string of the molecule is CC(C)(C)OC(=O)c1cc(Br)ccc1NC=O. The molecule has 5 heteroatoms. The second-order valence-corrected chi connectivity index (χ2v) is 5.37. The molecule has 0 atom stereocenters. The Morgan fingerprint density at radius 1 is 1.41 bits per heavy atom. The molecule has 92 valence electrons. The number of carbonyl (C=O) groups excluding carboxylic acids is 2. The number of rotatable bonds is 3. The van der Waals surface area contributed by atoms with E-state index in [2.05, 4.69) is 21.2 Å². The summed E-state index contributed by atoms with van der Waals surface area (Å²) >= 11 is 3.27. The van der Waals surface area contributed by atoms with Gasteiger partial charge in [-0.3, -0.25) is 4.79 Å². The van der Waals surface area contributed by atoms with Crippen LogP contribution in [-0.2, 0) is 9.53 Å². The zero-order chi connectivity index (χ0) is 13.1. The maximum absolute atomic E-state index is 11.9. The summed E-state index contributed by atoms with van der Waals surface area (Å²) < 4.78 is 6.00. The molecule has 0 saturated carbocycles. The molecule has 1 aromatic rings. The summed E-state index contributed by atoms with van der Waals surface area (Å²) in [7, 11) is 0. The number of carbonyl (C=O) groups is 2. The average Bonchev–Trinajstić information content (AvgIpc) is 2.18. The molecule has 0 spiro atoms. The molecule has 0 unspecified atom stereocenters. The van der Waals surface area contributed by atoms with Crippen LogP contribution >= 0.6 is 15.9 Å². The van der Waals surface area contributed by atoms with Crippen LogP contribution in [0.5, 0.6) is 0 Å². The number of hydrogen-bond acceptors (Lipinski definition) is 3. The largest absolute Gasteiger partial charge is 0.456 e. The van der Waals surface area contributed by atoms with E-state index in [0.29, 0.717) is 17.7 Å². The van der Waals surface area contributed by atoms with E-state index in [-0.39, 0.29) is 0 Å². The molecular formula is C12H14BrNO3. The van der Waals surface area contributed by atoms with Crippen molar-refractivity contribution in [3.8, 4) is 0 Å². The molecular weight excluding hydrogens is 286 g/mol. The number of halogens is 1. The molecule has 0 bridgehead atoms. The number of esters is 1. The second kappa shape index (κ2) is 5.31. The minimum Gasteiger partial charge on any atom is -0.456 e. The Morgan fingerprint density at radius 2 is 2.06 bits per heavy atom. The van der Waals surface area contributed by atoms with Crippen molar-refractivity contribution in [3.63, 3.8) is 0 Å². The van der Waals surface area contributed by atoms with Crippen molar-refractivity contribution in [2.24, 2.45) is 0 Å². The topological polar surface area (TPSA) is 55.4 Å². The average molecular weight is 300 g/mol. The maximum atomic E-state index is 11.9. The monoisotopic (exact) mass is 299 g/mol. The van der Waals surface area contributed by atoms with Gasteiger partial charge in [0.15, 0.2) is 0 Å². The molecule has 0 fully saturated rings.